The van der Waals surface area contributed by atoms with Gasteiger partial charge in [0.25, 0.3) is 0 Å². The van der Waals surface area contributed by atoms with Crippen LogP contribution in [0.5, 0.6) is 0 Å². The van der Waals surface area contributed by atoms with Crippen molar-refractivity contribution in [2.75, 3.05) is 39.3 Å². The van der Waals surface area contributed by atoms with E-state index in [1.807, 2.05) is 0 Å². The molecule has 2 heteroatoms. The van der Waals surface area contributed by atoms with Crippen LogP contribution >= 0.6 is 0 Å². The monoisotopic (exact) mass is 208 g/mol. The maximum atomic E-state index is 2.75. The van der Waals surface area contributed by atoms with Gasteiger partial charge in [0.1, 0.15) is 0 Å². The SMILES string of the molecule is CCCN1C[C@@H]2CN(CC3CC3)C[C@@H]2C1. The molecule has 86 valence electrons. The highest BCUT2D eigenvalue weighted by Crippen LogP contribution is 2.35. The van der Waals surface area contributed by atoms with Crippen LogP contribution in [0.25, 0.3) is 0 Å². The van der Waals surface area contributed by atoms with E-state index in [9.17, 15) is 0 Å². The highest BCUT2D eigenvalue weighted by atomic mass is 15.2. The van der Waals surface area contributed by atoms with Crippen LogP contribution in [-0.4, -0.2) is 49.1 Å². The standard InChI is InChI=1S/C13H24N2/c1-2-5-14-7-12-9-15(6-11-3-4-11)10-13(12)8-14/h11-13H,2-10H2,1H3/t12-,13+. The summed E-state index contributed by atoms with van der Waals surface area (Å²) in [6.45, 7) is 10.6. The van der Waals surface area contributed by atoms with Crippen LogP contribution in [0.2, 0.25) is 0 Å². The fourth-order valence-electron chi connectivity index (χ4n) is 3.50. The molecule has 0 aromatic carbocycles. The first-order chi connectivity index (χ1) is 7.35. The fourth-order valence-corrected chi connectivity index (χ4v) is 3.50. The Balaban J connectivity index is 1.47. The van der Waals surface area contributed by atoms with Crippen molar-refractivity contribution in [2.24, 2.45) is 17.8 Å². The topological polar surface area (TPSA) is 6.48 Å². The Labute approximate surface area is 93.6 Å². The molecule has 0 aromatic heterocycles. The molecule has 0 amide bonds. The number of hydrogen-bond acceptors (Lipinski definition) is 2. The van der Waals surface area contributed by atoms with Crippen LogP contribution in [0.3, 0.4) is 0 Å². The van der Waals surface area contributed by atoms with Crippen molar-refractivity contribution in [1.29, 1.82) is 0 Å². The Morgan fingerprint density at radius 3 is 2.07 bits per heavy atom. The molecule has 0 unspecified atom stereocenters. The summed E-state index contributed by atoms with van der Waals surface area (Å²) in [4.78, 5) is 5.43. The van der Waals surface area contributed by atoms with Gasteiger partial charge in [0.05, 0.1) is 0 Å². The van der Waals surface area contributed by atoms with Crippen molar-refractivity contribution in [3.05, 3.63) is 0 Å². The van der Waals surface area contributed by atoms with E-state index in [0.717, 1.165) is 17.8 Å². The van der Waals surface area contributed by atoms with Gasteiger partial charge in [-0.1, -0.05) is 6.92 Å². The Morgan fingerprint density at radius 2 is 1.53 bits per heavy atom. The lowest BCUT2D eigenvalue weighted by molar-refractivity contribution is 0.250. The lowest BCUT2D eigenvalue weighted by Crippen LogP contribution is -2.30. The molecule has 2 aliphatic heterocycles. The summed E-state index contributed by atoms with van der Waals surface area (Å²) >= 11 is 0. The summed E-state index contributed by atoms with van der Waals surface area (Å²) in [6.07, 6.45) is 4.34. The minimum atomic E-state index is 1.01. The number of rotatable bonds is 4. The number of fused-ring (bicyclic) bond motifs is 1. The zero-order valence-electron chi connectivity index (χ0n) is 9.99. The summed E-state index contributed by atoms with van der Waals surface area (Å²) in [5, 5.41) is 0. The van der Waals surface area contributed by atoms with E-state index >= 15 is 0 Å². The van der Waals surface area contributed by atoms with Crippen LogP contribution in [0.15, 0.2) is 0 Å². The van der Waals surface area contributed by atoms with Gasteiger partial charge in [0, 0.05) is 32.7 Å². The molecule has 3 aliphatic rings. The van der Waals surface area contributed by atoms with Crippen LogP contribution in [-0.2, 0) is 0 Å². The molecule has 1 aliphatic carbocycles. The number of nitrogens with zero attached hydrogens (tertiary/aromatic N) is 2. The summed E-state index contributed by atoms with van der Waals surface area (Å²) in [5.41, 5.74) is 0. The van der Waals surface area contributed by atoms with Crippen LogP contribution in [0.1, 0.15) is 26.2 Å². The van der Waals surface area contributed by atoms with Gasteiger partial charge in [0.2, 0.25) is 0 Å². The lowest BCUT2D eigenvalue weighted by atomic mass is 10.0. The third kappa shape index (κ3) is 2.21. The molecule has 2 atom stereocenters. The van der Waals surface area contributed by atoms with E-state index in [2.05, 4.69) is 16.7 Å². The quantitative estimate of drug-likeness (QED) is 0.693. The molecular formula is C13H24N2. The maximum Gasteiger partial charge on any atom is 0.00258 e. The van der Waals surface area contributed by atoms with Crippen molar-refractivity contribution in [3.8, 4) is 0 Å². The molecule has 0 bridgehead atoms. The summed E-state index contributed by atoms with van der Waals surface area (Å²) in [7, 11) is 0. The van der Waals surface area contributed by atoms with Gasteiger partial charge in [-0.25, -0.2) is 0 Å². The van der Waals surface area contributed by atoms with E-state index in [1.54, 1.807) is 0 Å². The summed E-state index contributed by atoms with van der Waals surface area (Å²) < 4.78 is 0. The predicted octanol–water partition coefficient (Wildman–Crippen LogP) is 1.67. The second-order valence-electron chi connectivity index (χ2n) is 5.94. The first kappa shape index (κ1) is 10.1. The second kappa shape index (κ2) is 4.06. The summed E-state index contributed by atoms with van der Waals surface area (Å²) in [6, 6.07) is 0. The molecule has 2 saturated heterocycles. The molecule has 2 heterocycles. The molecule has 3 fully saturated rings. The second-order valence-corrected chi connectivity index (χ2v) is 5.94. The van der Waals surface area contributed by atoms with Gasteiger partial charge >= 0.3 is 0 Å². The van der Waals surface area contributed by atoms with E-state index in [1.165, 1.54) is 58.5 Å². The molecule has 0 N–H and O–H groups in total. The van der Waals surface area contributed by atoms with Gasteiger partial charge in [-0.3, -0.25) is 0 Å². The Hall–Kier alpha value is -0.0800. The zero-order valence-corrected chi connectivity index (χ0v) is 9.99. The highest BCUT2D eigenvalue weighted by molar-refractivity contribution is 4.94. The molecule has 2 nitrogen and oxygen atoms in total. The molecule has 15 heavy (non-hydrogen) atoms. The van der Waals surface area contributed by atoms with Gasteiger partial charge in [0.15, 0.2) is 0 Å². The van der Waals surface area contributed by atoms with E-state index in [0.29, 0.717) is 0 Å². The minimum Gasteiger partial charge on any atom is -0.303 e. The third-order valence-corrected chi connectivity index (χ3v) is 4.39. The van der Waals surface area contributed by atoms with Gasteiger partial charge in [-0.05, 0) is 43.6 Å². The molecule has 1 saturated carbocycles. The van der Waals surface area contributed by atoms with Gasteiger partial charge in [-0.2, -0.15) is 0 Å². The van der Waals surface area contributed by atoms with Crippen molar-refractivity contribution in [1.82, 2.24) is 9.80 Å². The van der Waals surface area contributed by atoms with Gasteiger partial charge < -0.3 is 9.80 Å². The summed E-state index contributed by atoms with van der Waals surface area (Å²) in [5.74, 6) is 3.10. The Kier molecular flexibility index (Phi) is 2.73. The fraction of sp³-hybridized carbons (Fsp3) is 1.00. The minimum absolute atomic E-state index is 1.01. The molecule has 3 rings (SSSR count). The predicted molar refractivity (Wildman–Crippen MR) is 62.9 cm³/mol. The maximum absolute atomic E-state index is 2.75. The van der Waals surface area contributed by atoms with Crippen LogP contribution in [0.4, 0.5) is 0 Å². The van der Waals surface area contributed by atoms with E-state index in [-0.39, 0.29) is 0 Å². The number of hydrogen-bond donors (Lipinski definition) is 0. The largest absolute Gasteiger partial charge is 0.303 e. The Morgan fingerprint density at radius 1 is 0.933 bits per heavy atom. The Bertz CT molecular complexity index is 211. The van der Waals surface area contributed by atoms with Crippen molar-refractivity contribution in [2.45, 2.75) is 26.2 Å². The van der Waals surface area contributed by atoms with Crippen molar-refractivity contribution < 1.29 is 0 Å². The first-order valence-corrected chi connectivity index (χ1v) is 6.80. The molecule has 0 radical (unpaired) electrons. The average Bonchev–Trinajstić information content (AvgIpc) is 2.79. The van der Waals surface area contributed by atoms with Crippen molar-refractivity contribution >= 4 is 0 Å². The average molecular weight is 208 g/mol. The van der Waals surface area contributed by atoms with Crippen molar-refractivity contribution in [3.63, 3.8) is 0 Å². The molecule has 0 aromatic rings. The van der Waals surface area contributed by atoms with Crippen LogP contribution in [0, 0.1) is 17.8 Å². The molecular weight excluding hydrogens is 184 g/mol. The zero-order chi connectivity index (χ0) is 10.3. The number of likely N-dealkylation sites (tertiary alicyclic amines) is 2. The normalized spacial score (nSPS) is 37.4. The van der Waals surface area contributed by atoms with Gasteiger partial charge in [-0.15, -0.1) is 0 Å². The highest BCUT2D eigenvalue weighted by Gasteiger charge is 2.40. The van der Waals surface area contributed by atoms with E-state index in [4.69, 9.17) is 0 Å². The van der Waals surface area contributed by atoms with E-state index < -0.39 is 0 Å². The smallest absolute Gasteiger partial charge is 0.00258 e. The third-order valence-electron chi connectivity index (χ3n) is 4.39. The lowest BCUT2D eigenvalue weighted by Gasteiger charge is -2.20. The molecule has 0 spiro atoms. The van der Waals surface area contributed by atoms with Crippen LogP contribution < -0.4 is 0 Å². The first-order valence-electron chi connectivity index (χ1n) is 6.80.